The molecule has 7 nitrogen and oxygen atoms in total. The molecule has 4 N–H and O–H groups in total. The van der Waals surface area contributed by atoms with Crippen molar-refractivity contribution in [3.8, 4) is 5.75 Å². The van der Waals surface area contributed by atoms with Crippen molar-refractivity contribution >= 4 is 5.97 Å². The van der Waals surface area contributed by atoms with Gasteiger partial charge in [0.25, 0.3) is 0 Å². The van der Waals surface area contributed by atoms with Crippen molar-refractivity contribution in [2.45, 2.75) is 88.8 Å². The van der Waals surface area contributed by atoms with Gasteiger partial charge in [0.05, 0.1) is 18.6 Å². The largest absolute Gasteiger partial charge is 0.496 e. The van der Waals surface area contributed by atoms with Gasteiger partial charge in [0.2, 0.25) is 0 Å². The molecule has 1 aromatic rings. The maximum Gasteiger partial charge on any atom is 0.309 e. The molecule has 2 aliphatic carbocycles. The van der Waals surface area contributed by atoms with Gasteiger partial charge in [0.15, 0.2) is 0 Å². The molecule has 1 saturated carbocycles. The number of benzene rings is 1. The van der Waals surface area contributed by atoms with E-state index in [1.807, 2.05) is 19.1 Å². The summed E-state index contributed by atoms with van der Waals surface area (Å²) in [6.07, 6.45) is -1.25. The molecule has 0 bridgehead atoms. The van der Waals surface area contributed by atoms with Crippen molar-refractivity contribution in [2.24, 2.45) is 11.3 Å². The number of ether oxygens (including phenoxy) is 2. The van der Waals surface area contributed by atoms with Crippen molar-refractivity contribution in [1.82, 2.24) is 0 Å². The molecule has 2 fully saturated rings. The number of carbonyl (C=O) groups is 1. The van der Waals surface area contributed by atoms with E-state index in [2.05, 4.69) is 6.92 Å². The number of aliphatic hydroxyl groups is 3. The summed E-state index contributed by atoms with van der Waals surface area (Å²) >= 11 is 0. The van der Waals surface area contributed by atoms with Crippen LogP contribution in [0.4, 0.5) is 0 Å². The number of fused-ring (bicyclic) bond motifs is 3. The van der Waals surface area contributed by atoms with E-state index < -0.39 is 41.9 Å². The van der Waals surface area contributed by atoms with E-state index in [0.29, 0.717) is 17.7 Å². The zero-order chi connectivity index (χ0) is 22.7. The molecule has 1 aliphatic heterocycles. The zero-order valence-corrected chi connectivity index (χ0v) is 18.7. The number of hydrogen-bond donors (Lipinski definition) is 4. The van der Waals surface area contributed by atoms with Crippen LogP contribution in [0.15, 0.2) is 12.1 Å². The van der Waals surface area contributed by atoms with Crippen molar-refractivity contribution in [3.05, 3.63) is 28.8 Å². The number of aliphatic carboxylic acids is 1. The molecule has 0 amide bonds. The van der Waals surface area contributed by atoms with Crippen LogP contribution >= 0.6 is 0 Å². The highest BCUT2D eigenvalue weighted by Crippen LogP contribution is 2.58. The Labute approximate surface area is 183 Å². The normalized spacial score (nSPS) is 42.4. The van der Waals surface area contributed by atoms with E-state index in [-0.39, 0.29) is 11.3 Å². The minimum atomic E-state index is -1.31. The lowest BCUT2D eigenvalue weighted by molar-refractivity contribution is -0.219. The van der Waals surface area contributed by atoms with Crippen LogP contribution in [0.3, 0.4) is 0 Å². The first-order chi connectivity index (χ1) is 14.5. The van der Waals surface area contributed by atoms with Crippen LogP contribution in [0.2, 0.25) is 0 Å². The molecular weight excluding hydrogens is 400 g/mol. The number of methoxy groups -OCH3 is 1. The Morgan fingerprint density at radius 1 is 1.13 bits per heavy atom. The third kappa shape index (κ3) is 3.28. The number of carboxylic acid groups (broad SMARTS) is 1. The Hall–Kier alpha value is -1.67. The minimum Gasteiger partial charge on any atom is -0.496 e. The van der Waals surface area contributed by atoms with Gasteiger partial charge in [0, 0.05) is 5.56 Å². The highest BCUT2D eigenvalue weighted by atomic mass is 16.5. The topological polar surface area (TPSA) is 116 Å². The van der Waals surface area contributed by atoms with E-state index in [1.54, 1.807) is 14.0 Å². The highest BCUT2D eigenvalue weighted by molar-refractivity contribution is 5.75. The van der Waals surface area contributed by atoms with Crippen LogP contribution in [0.5, 0.6) is 5.75 Å². The second-order valence-corrected chi connectivity index (χ2v) is 10.1. The summed E-state index contributed by atoms with van der Waals surface area (Å²) in [5.41, 5.74) is 1.82. The lowest BCUT2D eigenvalue weighted by Gasteiger charge is -2.53. The molecule has 31 heavy (non-hydrogen) atoms. The molecular formula is C24H34O7. The number of carboxylic acids is 1. The summed E-state index contributed by atoms with van der Waals surface area (Å²) < 4.78 is 11.6. The van der Waals surface area contributed by atoms with E-state index in [0.717, 1.165) is 36.8 Å². The van der Waals surface area contributed by atoms with Gasteiger partial charge in [0.1, 0.15) is 30.2 Å². The number of hydrogen-bond acceptors (Lipinski definition) is 6. The average Bonchev–Trinajstić information content (AvgIpc) is 2.73. The van der Waals surface area contributed by atoms with Gasteiger partial charge in [-0.1, -0.05) is 13.3 Å². The van der Waals surface area contributed by atoms with Gasteiger partial charge < -0.3 is 29.9 Å². The summed E-state index contributed by atoms with van der Waals surface area (Å²) in [6, 6.07) is 3.95. The molecule has 172 valence electrons. The molecule has 1 saturated heterocycles. The van der Waals surface area contributed by atoms with Crippen LogP contribution < -0.4 is 4.74 Å². The lowest BCUT2D eigenvalue weighted by Crippen LogP contribution is -2.53. The Bertz CT molecular complexity index is 870. The molecule has 0 aromatic heterocycles. The van der Waals surface area contributed by atoms with E-state index >= 15 is 0 Å². The third-order valence-corrected chi connectivity index (χ3v) is 8.35. The van der Waals surface area contributed by atoms with E-state index in [4.69, 9.17) is 9.47 Å². The monoisotopic (exact) mass is 434 g/mol. The zero-order valence-electron chi connectivity index (χ0n) is 18.7. The molecule has 3 unspecified atom stereocenters. The Morgan fingerprint density at radius 2 is 1.84 bits per heavy atom. The fourth-order valence-electron chi connectivity index (χ4n) is 6.48. The lowest BCUT2D eigenvalue weighted by atomic mass is 9.49. The van der Waals surface area contributed by atoms with Crippen molar-refractivity contribution in [1.29, 1.82) is 0 Å². The van der Waals surface area contributed by atoms with Crippen LogP contribution in [0, 0.1) is 11.3 Å². The predicted molar refractivity (Wildman–Crippen MR) is 113 cm³/mol. The highest BCUT2D eigenvalue weighted by Gasteiger charge is 2.55. The first-order valence-corrected chi connectivity index (χ1v) is 11.2. The van der Waals surface area contributed by atoms with Gasteiger partial charge >= 0.3 is 5.97 Å². The number of aliphatic hydroxyl groups excluding tert-OH is 3. The van der Waals surface area contributed by atoms with Crippen molar-refractivity contribution < 1.29 is 34.7 Å². The summed E-state index contributed by atoms with van der Waals surface area (Å²) in [4.78, 5) is 12.2. The molecule has 1 heterocycles. The smallest absolute Gasteiger partial charge is 0.309 e. The van der Waals surface area contributed by atoms with E-state index in [9.17, 15) is 25.2 Å². The fraction of sp³-hybridized carbons (Fsp3) is 0.708. The van der Waals surface area contributed by atoms with Gasteiger partial charge in [-0.25, -0.2) is 0 Å². The van der Waals surface area contributed by atoms with E-state index in [1.165, 1.54) is 0 Å². The standard InChI is InChI=1S/C24H34O7/c1-12-18(25)19(26)20(27)21(31-12)14-10-13-6-7-17-23(2,15(13)11-16(14)30-4)8-5-9-24(17,3)22(28)29/h10-12,17-21,25-27H,5-9H2,1-4H3,(H,28,29)/t12-,17?,18+,19+,20-,21+,23?,24?/m0/s1. The van der Waals surface area contributed by atoms with Gasteiger partial charge in [-0.15, -0.1) is 0 Å². The second-order valence-electron chi connectivity index (χ2n) is 10.1. The Morgan fingerprint density at radius 3 is 2.48 bits per heavy atom. The van der Waals surface area contributed by atoms with Crippen molar-refractivity contribution in [3.63, 3.8) is 0 Å². The minimum absolute atomic E-state index is 0.0304. The first-order valence-electron chi connectivity index (χ1n) is 11.2. The van der Waals surface area contributed by atoms with Crippen molar-refractivity contribution in [2.75, 3.05) is 7.11 Å². The molecule has 8 atom stereocenters. The maximum absolute atomic E-state index is 12.2. The van der Waals surface area contributed by atoms with Crippen LogP contribution in [0.25, 0.3) is 0 Å². The molecule has 1 aromatic carbocycles. The molecule has 0 spiro atoms. The molecule has 7 heteroatoms. The number of aryl methyl sites for hydroxylation is 1. The Balaban J connectivity index is 1.78. The molecule has 3 aliphatic rings. The molecule has 0 radical (unpaired) electrons. The summed E-state index contributed by atoms with van der Waals surface area (Å²) in [5, 5.41) is 40.9. The number of rotatable bonds is 3. The summed E-state index contributed by atoms with van der Waals surface area (Å²) in [7, 11) is 1.56. The first kappa shape index (κ1) is 22.5. The van der Waals surface area contributed by atoms with Crippen LogP contribution in [-0.2, 0) is 21.4 Å². The fourth-order valence-corrected chi connectivity index (χ4v) is 6.48. The second kappa shape index (κ2) is 7.73. The predicted octanol–water partition coefficient (Wildman–Crippen LogP) is 2.33. The van der Waals surface area contributed by atoms with Crippen LogP contribution in [-0.4, -0.2) is 57.9 Å². The van der Waals surface area contributed by atoms with Gasteiger partial charge in [-0.05, 0) is 74.1 Å². The molecule has 4 rings (SSSR count). The quantitative estimate of drug-likeness (QED) is 0.577. The summed E-state index contributed by atoms with van der Waals surface area (Å²) in [5.74, 6) is -0.151. The Kier molecular flexibility index (Phi) is 5.61. The van der Waals surface area contributed by atoms with Crippen LogP contribution in [0.1, 0.15) is 69.2 Å². The maximum atomic E-state index is 12.2. The average molecular weight is 435 g/mol. The third-order valence-electron chi connectivity index (χ3n) is 8.35. The van der Waals surface area contributed by atoms with Gasteiger partial charge in [-0.2, -0.15) is 0 Å². The van der Waals surface area contributed by atoms with Gasteiger partial charge in [-0.3, -0.25) is 4.79 Å². The SMILES string of the molecule is COc1cc2c(cc1[C@H]1O[C@@H](C)[C@@H](O)[C@@H](O)[C@@H]1O)CCC1C(C)(C(=O)O)CCCC21C. The summed E-state index contributed by atoms with van der Waals surface area (Å²) in [6.45, 7) is 5.72.